The van der Waals surface area contributed by atoms with Gasteiger partial charge in [-0.15, -0.1) is 0 Å². The summed E-state index contributed by atoms with van der Waals surface area (Å²) >= 11 is 0. The first kappa shape index (κ1) is 76.9. The SMILES string of the molecule is Cc1ccc(N(c2ccccc2)c2ccc(N(c3ccc4ccccc4c3)c3ccc4ccccc4c3)cc2)cc1.Cc1ccc(N(c2ccccc2)c2ccc(N(c3ccc4ccccc4c3)c3cccc4ccccc34)cc2)cc1.Cc1ccc(N(c2ccccc2)c2ccc(N(c3cccc4ccccc34)c3cccc4ccccc34)cc2)cc1. The van der Waals surface area contributed by atoms with Gasteiger partial charge in [0.25, 0.3) is 0 Å². The Kier molecular flexibility index (Phi) is 22.1. The van der Waals surface area contributed by atoms with Crippen LogP contribution in [0.2, 0.25) is 0 Å². The van der Waals surface area contributed by atoms with Crippen molar-refractivity contribution in [1.29, 1.82) is 0 Å². The fourth-order valence-electron chi connectivity index (χ4n) is 16.8. The third kappa shape index (κ3) is 16.6. The van der Waals surface area contributed by atoms with E-state index in [-0.39, 0.29) is 0 Å². The molecule has 588 valence electrons. The van der Waals surface area contributed by atoms with E-state index in [0.29, 0.717) is 0 Å². The summed E-state index contributed by atoms with van der Waals surface area (Å²) in [5, 5.41) is 14.7. The zero-order valence-electron chi connectivity index (χ0n) is 68.9. The van der Waals surface area contributed by atoms with Crippen molar-refractivity contribution >= 4 is 167 Å². The predicted molar refractivity (Wildman–Crippen MR) is 527 cm³/mol. The van der Waals surface area contributed by atoms with E-state index >= 15 is 0 Å². The molecule has 0 radical (unpaired) electrons. The predicted octanol–water partition coefficient (Wildman–Crippen LogP) is 33.7. The summed E-state index contributed by atoms with van der Waals surface area (Å²) in [5.41, 5.74) is 24.1. The standard InChI is InChI=1S/3C39H30N2/c1-29-21-23-33(24-22-29)40(32-15-3-2-4-16-32)34-25-27-35(28-26-34)41(38-19-9-13-30-11-5-7-17-36(30)38)39-20-10-14-31-12-6-8-18-37(31)39;1-29-15-19-35(20-16-29)40(34-13-3-2-4-14-34)36-23-25-37(26-24-36)41(38-21-17-30-9-5-7-11-32(30)27-38)39-22-18-31-10-6-8-12-33(31)28-39;1-29-18-21-34(22-19-29)40(33-14-3-2-4-15-33)35-24-26-36(27-25-35)41(37-23-20-30-10-5-6-12-32(30)28-37)39-17-9-13-31-11-7-8-16-38(31)39/h3*2-28H,1H3. The van der Waals surface area contributed by atoms with Gasteiger partial charge in [-0.3, -0.25) is 0 Å². The van der Waals surface area contributed by atoms with Gasteiger partial charge < -0.3 is 29.4 Å². The molecule has 6 nitrogen and oxygen atoms in total. The average molecular weight is 1580 g/mol. The van der Waals surface area contributed by atoms with E-state index in [0.717, 1.165) is 102 Å². The second-order valence-electron chi connectivity index (χ2n) is 31.2. The Hall–Kier alpha value is -16.0. The first-order valence-electron chi connectivity index (χ1n) is 42.1. The van der Waals surface area contributed by atoms with Gasteiger partial charge in [-0.25, -0.2) is 0 Å². The van der Waals surface area contributed by atoms with Crippen molar-refractivity contribution in [3.63, 3.8) is 0 Å². The summed E-state index contributed by atoms with van der Waals surface area (Å²) < 4.78 is 0. The number of para-hydroxylation sites is 3. The fraction of sp³-hybridized carbons (Fsp3) is 0.0256. The monoisotopic (exact) mass is 1580 g/mol. The molecule has 0 unspecified atom stereocenters. The van der Waals surface area contributed by atoms with Gasteiger partial charge in [0.2, 0.25) is 0 Å². The molecule has 0 fully saturated rings. The zero-order valence-corrected chi connectivity index (χ0v) is 68.9. The molecule has 0 aromatic heterocycles. The fourth-order valence-corrected chi connectivity index (χ4v) is 16.8. The van der Waals surface area contributed by atoms with Crippen molar-refractivity contribution in [2.45, 2.75) is 20.8 Å². The summed E-state index contributed by atoms with van der Waals surface area (Å²) in [6.45, 7) is 6.38. The maximum absolute atomic E-state index is 2.40. The average Bonchev–Trinajstić information content (AvgIpc) is 0.770. The summed E-state index contributed by atoms with van der Waals surface area (Å²) in [6, 6.07) is 176. The van der Waals surface area contributed by atoms with E-state index in [4.69, 9.17) is 0 Å². The van der Waals surface area contributed by atoms with Crippen molar-refractivity contribution in [2.24, 2.45) is 0 Å². The Balaban J connectivity index is 0.000000121. The van der Waals surface area contributed by atoms with E-state index in [2.05, 4.69) is 542 Å². The van der Waals surface area contributed by atoms with Crippen molar-refractivity contribution in [1.82, 2.24) is 0 Å². The zero-order chi connectivity index (χ0) is 82.8. The number of hydrogen-bond donors (Lipinski definition) is 0. The Morgan fingerprint density at radius 3 is 0.577 bits per heavy atom. The van der Waals surface area contributed by atoms with E-state index in [1.54, 1.807) is 0 Å². The minimum atomic E-state index is 1.11. The molecule has 0 aliphatic rings. The van der Waals surface area contributed by atoms with Crippen LogP contribution in [-0.2, 0) is 0 Å². The molecule has 21 aromatic rings. The van der Waals surface area contributed by atoms with Crippen molar-refractivity contribution in [3.05, 3.63) is 508 Å². The lowest BCUT2D eigenvalue weighted by molar-refractivity contribution is 1.26. The van der Waals surface area contributed by atoms with Gasteiger partial charge in [0.1, 0.15) is 0 Å². The topological polar surface area (TPSA) is 19.4 Å². The van der Waals surface area contributed by atoms with Crippen LogP contribution in [0.3, 0.4) is 0 Å². The number of rotatable bonds is 18. The molecule has 0 heterocycles. The van der Waals surface area contributed by atoms with Gasteiger partial charge in [0.15, 0.2) is 0 Å². The number of aryl methyl sites for hydroxylation is 3. The largest absolute Gasteiger partial charge is 0.311 e. The number of anilines is 18. The Bertz CT molecular complexity index is 7020. The van der Waals surface area contributed by atoms with Crippen LogP contribution >= 0.6 is 0 Å². The molecule has 0 bridgehead atoms. The van der Waals surface area contributed by atoms with E-state index in [1.807, 2.05) is 0 Å². The van der Waals surface area contributed by atoms with Crippen molar-refractivity contribution in [2.75, 3.05) is 29.4 Å². The Labute approximate surface area is 720 Å². The molecule has 0 amide bonds. The second kappa shape index (κ2) is 35.3. The third-order valence-electron chi connectivity index (χ3n) is 23.0. The Morgan fingerprint density at radius 2 is 0.293 bits per heavy atom. The first-order valence-corrected chi connectivity index (χ1v) is 42.1. The van der Waals surface area contributed by atoms with E-state index in [9.17, 15) is 0 Å². The lowest BCUT2D eigenvalue weighted by atomic mass is 10.0. The quantitative estimate of drug-likeness (QED) is 0.0847. The summed E-state index contributed by atoms with van der Waals surface area (Å²) in [7, 11) is 0. The maximum atomic E-state index is 2.40. The number of fused-ring (bicyclic) bond motifs is 6. The van der Waals surface area contributed by atoms with Gasteiger partial charge in [0.05, 0.1) is 17.1 Å². The summed E-state index contributed by atoms with van der Waals surface area (Å²) in [5.74, 6) is 0. The van der Waals surface area contributed by atoms with Crippen LogP contribution in [0, 0.1) is 20.8 Å². The lowest BCUT2D eigenvalue weighted by Crippen LogP contribution is -2.12. The molecule has 0 saturated carbocycles. The molecule has 21 rings (SSSR count). The smallest absolute Gasteiger partial charge is 0.0540 e. The molecule has 0 atom stereocenters. The Morgan fingerprint density at radius 1 is 0.114 bits per heavy atom. The highest BCUT2D eigenvalue weighted by atomic mass is 15.2. The van der Waals surface area contributed by atoms with Gasteiger partial charge in [0, 0.05) is 101 Å². The molecule has 0 spiro atoms. The maximum Gasteiger partial charge on any atom is 0.0540 e. The molecular weight excluding hydrogens is 1490 g/mol. The number of hydrogen-bond acceptors (Lipinski definition) is 6. The van der Waals surface area contributed by atoms with Gasteiger partial charge in [-0.05, 0) is 269 Å². The van der Waals surface area contributed by atoms with Gasteiger partial charge in [-0.1, -0.05) is 308 Å². The van der Waals surface area contributed by atoms with Crippen molar-refractivity contribution in [3.8, 4) is 0 Å². The highest BCUT2D eigenvalue weighted by Crippen LogP contribution is 2.48. The highest BCUT2D eigenvalue weighted by Gasteiger charge is 2.23. The lowest BCUT2D eigenvalue weighted by Gasteiger charge is -2.29. The summed E-state index contributed by atoms with van der Waals surface area (Å²) in [6.07, 6.45) is 0. The third-order valence-corrected chi connectivity index (χ3v) is 23.0. The molecule has 123 heavy (non-hydrogen) atoms. The minimum absolute atomic E-state index is 1.11. The first-order chi connectivity index (χ1) is 60.7. The minimum Gasteiger partial charge on any atom is -0.311 e. The van der Waals surface area contributed by atoms with Crippen LogP contribution in [0.5, 0.6) is 0 Å². The van der Waals surface area contributed by atoms with Gasteiger partial charge in [-0.2, -0.15) is 0 Å². The molecule has 0 saturated heterocycles. The number of benzene rings is 21. The highest BCUT2D eigenvalue weighted by molar-refractivity contribution is 6.06. The molecule has 0 N–H and O–H groups in total. The van der Waals surface area contributed by atoms with Crippen LogP contribution in [0.4, 0.5) is 102 Å². The molecule has 0 aliphatic carbocycles. The molecular formula is C117H90N6. The van der Waals surface area contributed by atoms with E-state index in [1.165, 1.54) is 81.3 Å². The van der Waals surface area contributed by atoms with Crippen LogP contribution in [0.1, 0.15) is 16.7 Å². The summed E-state index contributed by atoms with van der Waals surface area (Å²) in [4.78, 5) is 14.0. The van der Waals surface area contributed by atoms with E-state index < -0.39 is 0 Å². The van der Waals surface area contributed by atoms with Crippen LogP contribution in [0.25, 0.3) is 64.6 Å². The van der Waals surface area contributed by atoms with Crippen molar-refractivity contribution < 1.29 is 0 Å². The van der Waals surface area contributed by atoms with Crippen LogP contribution in [-0.4, -0.2) is 0 Å². The molecule has 6 heteroatoms. The number of nitrogens with zero attached hydrogens (tertiary/aromatic N) is 6. The molecule has 0 aliphatic heterocycles. The van der Waals surface area contributed by atoms with Crippen LogP contribution < -0.4 is 29.4 Å². The molecule has 21 aromatic carbocycles. The van der Waals surface area contributed by atoms with Gasteiger partial charge >= 0.3 is 0 Å². The second-order valence-corrected chi connectivity index (χ2v) is 31.2. The normalized spacial score (nSPS) is 11.0. The van der Waals surface area contributed by atoms with Crippen LogP contribution in [0.15, 0.2) is 491 Å².